The van der Waals surface area contributed by atoms with Crippen LogP contribution in [0.3, 0.4) is 0 Å². The summed E-state index contributed by atoms with van der Waals surface area (Å²) >= 11 is 1.02. The molecule has 1 aromatic heterocycles. The molecule has 0 bridgehead atoms. The Labute approximate surface area is 126 Å². The zero-order valence-electron chi connectivity index (χ0n) is 10.9. The number of hydrogen-bond acceptors (Lipinski definition) is 4. The van der Waals surface area contributed by atoms with E-state index in [-0.39, 0.29) is 17.0 Å². The number of fused-ring (bicyclic) bond motifs is 1. The molecule has 0 fully saturated rings. The quantitative estimate of drug-likeness (QED) is 0.640. The predicted molar refractivity (Wildman–Crippen MR) is 78.1 cm³/mol. The summed E-state index contributed by atoms with van der Waals surface area (Å²) in [5.74, 6) is -1.09. The van der Waals surface area contributed by atoms with Gasteiger partial charge in [0.1, 0.15) is 4.88 Å². The second kappa shape index (κ2) is 6.36. The molecule has 1 N–H and O–H groups in total. The zero-order chi connectivity index (χ0) is 15.6. The zero-order valence-corrected chi connectivity index (χ0v) is 12.6. The SMILES string of the molecule is [B]OP(OCC)C(F)(F)c1ccc2sc(C(=O)O)cc2c1. The van der Waals surface area contributed by atoms with Gasteiger partial charge >= 0.3 is 11.6 Å². The maximum Gasteiger partial charge on any atom is 0.345 e. The molecule has 1 aromatic carbocycles. The number of carbonyl (C=O) groups is 1. The number of carboxylic acids is 1. The molecule has 0 saturated carbocycles. The number of carboxylic acid groups (broad SMARTS) is 1. The Hall–Kier alpha value is -1.08. The van der Waals surface area contributed by atoms with Gasteiger partial charge in [-0.3, -0.25) is 0 Å². The highest BCUT2D eigenvalue weighted by atomic mass is 32.1. The largest absolute Gasteiger partial charge is 0.477 e. The molecule has 2 radical (unpaired) electrons. The molecular formula is C12H10BF2O4PS. The summed E-state index contributed by atoms with van der Waals surface area (Å²) < 4.78 is 38.3. The molecule has 1 heterocycles. The van der Waals surface area contributed by atoms with Crippen LogP contribution in [0.4, 0.5) is 8.78 Å². The van der Waals surface area contributed by atoms with E-state index in [1.165, 1.54) is 24.3 Å². The smallest absolute Gasteiger partial charge is 0.345 e. The van der Waals surface area contributed by atoms with Gasteiger partial charge in [0.25, 0.3) is 8.05 Å². The van der Waals surface area contributed by atoms with Crippen molar-refractivity contribution in [2.45, 2.75) is 12.6 Å². The minimum absolute atomic E-state index is 0.0440. The van der Waals surface area contributed by atoms with E-state index in [9.17, 15) is 13.6 Å². The van der Waals surface area contributed by atoms with E-state index in [1.807, 2.05) is 0 Å². The molecule has 21 heavy (non-hydrogen) atoms. The maximum absolute atomic E-state index is 14.3. The Morgan fingerprint density at radius 2 is 2.19 bits per heavy atom. The van der Waals surface area contributed by atoms with Crippen LogP contribution in [0.15, 0.2) is 24.3 Å². The highest BCUT2D eigenvalue weighted by Gasteiger charge is 2.44. The van der Waals surface area contributed by atoms with E-state index in [1.54, 1.807) is 6.92 Å². The highest BCUT2D eigenvalue weighted by molar-refractivity contribution is 7.49. The van der Waals surface area contributed by atoms with Gasteiger partial charge in [0.15, 0.2) is 0 Å². The van der Waals surface area contributed by atoms with Crippen LogP contribution in [-0.4, -0.2) is 25.7 Å². The minimum Gasteiger partial charge on any atom is -0.477 e. The lowest BCUT2D eigenvalue weighted by Gasteiger charge is -2.24. The van der Waals surface area contributed by atoms with Crippen LogP contribution in [0.25, 0.3) is 10.1 Å². The van der Waals surface area contributed by atoms with Gasteiger partial charge in [-0.15, -0.1) is 11.3 Å². The Morgan fingerprint density at radius 3 is 2.76 bits per heavy atom. The van der Waals surface area contributed by atoms with Crippen molar-refractivity contribution in [3.05, 3.63) is 34.7 Å². The average Bonchev–Trinajstić information content (AvgIpc) is 2.87. The van der Waals surface area contributed by atoms with Gasteiger partial charge in [0, 0.05) is 10.3 Å². The molecule has 0 spiro atoms. The number of rotatable bonds is 6. The van der Waals surface area contributed by atoms with E-state index in [0.717, 1.165) is 11.3 Å². The lowest BCUT2D eigenvalue weighted by atomic mass is 10.1. The molecule has 0 aliphatic carbocycles. The van der Waals surface area contributed by atoms with Crippen molar-refractivity contribution in [2.75, 3.05) is 6.61 Å². The van der Waals surface area contributed by atoms with Crippen molar-refractivity contribution in [3.8, 4) is 0 Å². The fourth-order valence-corrected chi connectivity index (χ4v) is 3.56. The van der Waals surface area contributed by atoms with Crippen molar-refractivity contribution in [1.29, 1.82) is 0 Å². The average molecular weight is 330 g/mol. The van der Waals surface area contributed by atoms with Crippen molar-refractivity contribution < 1.29 is 27.6 Å². The summed E-state index contributed by atoms with van der Waals surface area (Å²) in [5.41, 5.74) is -3.71. The molecule has 2 rings (SSSR count). The molecule has 0 amide bonds. The van der Waals surface area contributed by atoms with E-state index < -0.39 is 20.0 Å². The van der Waals surface area contributed by atoms with Crippen LogP contribution in [-0.2, 0) is 14.6 Å². The third-order valence-corrected chi connectivity index (χ3v) is 5.15. The van der Waals surface area contributed by atoms with Crippen molar-refractivity contribution in [2.24, 2.45) is 0 Å². The summed E-state index contributed by atoms with van der Waals surface area (Å²) in [7, 11) is 2.28. The Balaban J connectivity index is 2.43. The first-order valence-electron chi connectivity index (χ1n) is 5.85. The van der Waals surface area contributed by atoms with Gasteiger partial charge in [-0.2, -0.15) is 8.78 Å². The fraction of sp³-hybridized carbons (Fsp3) is 0.250. The van der Waals surface area contributed by atoms with Gasteiger partial charge in [0.2, 0.25) is 8.38 Å². The second-order valence-corrected chi connectivity index (χ2v) is 6.62. The lowest BCUT2D eigenvalue weighted by Crippen LogP contribution is -2.14. The number of thiophene rings is 1. The normalized spacial score (nSPS) is 13.5. The van der Waals surface area contributed by atoms with E-state index in [2.05, 4.69) is 4.44 Å². The molecule has 1 unspecified atom stereocenters. The number of benzene rings is 1. The number of halogens is 2. The third-order valence-electron chi connectivity index (χ3n) is 2.65. The van der Waals surface area contributed by atoms with Crippen LogP contribution < -0.4 is 0 Å². The lowest BCUT2D eigenvalue weighted by molar-refractivity contribution is 0.0683. The van der Waals surface area contributed by atoms with Crippen LogP contribution in [0.2, 0.25) is 0 Å². The van der Waals surface area contributed by atoms with E-state index >= 15 is 0 Å². The van der Waals surface area contributed by atoms with E-state index in [0.29, 0.717) is 10.1 Å². The number of alkyl halides is 2. The molecule has 9 heteroatoms. The van der Waals surface area contributed by atoms with Gasteiger partial charge in [-0.05, 0) is 30.5 Å². The van der Waals surface area contributed by atoms with Crippen LogP contribution in [0, 0.1) is 0 Å². The first-order chi connectivity index (χ1) is 9.90. The second-order valence-electron chi connectivity index (χ2n) is 3.99. The third kappa shape index (κ3) is 3.24. The highest BCUT2D eigenvalue weighted by Crippen LogP contribution is 2.59. The molecule has 0 saturated heterocycles. The minimum atomic E-state index is -3.39. The molecule has 2 aromatic rings. The van der Waals surface area contributed by atoms with Crippen LogP contribution >= 0.6 is 19.7 Å². The maximum atomic E-state index is 14.3. The molecule has 1 atom stereocenters. The standard InChI is InChI=1S/C12H10BF2O4PS/c1-2-18-20(19-13)12(14,15)8-3-4-9-7(5-8)6-10(21-9)11(16)17/h3-6H,2H2,1H3,(H,16,17). The first-order valence-corrected chi connectivity index (χ1v) is 7.84. The Bertz CT molecular complexity index is 664. The van der Waals surface area contributed by atoms with Gasteiger partial charge in [-0.1, -0.05) is 6.07 Å². The predicted octanol–water partition coefficient (Wildman–Crippen LogP) is 4.10. The fourth-order valence-electron chi connectivity index (χ4n) is 1.74. The van der Waals surface area contributed by atoms with Crippen molar-refractivity contribution >= 4 is 43.8 Å². The number of hydrogen-bond donors (Lipinski definition) is 1. The monoisotopic (exact) mass is 330 g/mol. The molecular weight excluding hydrogens is 320 g/mol. The first kappa shape index (κ1) is 16.3. The molecule has 110 valence electrons. The molecule has 0 aliphatic rings. The van der Waals surface area contributed by atoms with Crippen LogP contribution in [0.1, 0.15) is 22.2 Å². The Morgan fingerprint density at radius 1 is 1.48 bits per heavy atom. The van der Waals surface area contributed by atoms with Crippen LogP contribution in [0.5, 0.6) is 0 Å². The summed E-state index contributed by atoms with van der Waals surface area (Å²) in [5, 5.41) is 9.35. The molecule has 0 aliphatic heterocycles. The Kier molecular flexibility index (Phi) is 4.93. The van der Waals surface area contributed by atoms with Crippen molar-refractivity contribution in [3.63, 3.8) is 0 Å². The summed E-state index contributed by atoms with van der Waals surface area (Å²) in [6.45, 7) is 1.61. The topological polar surface area (TPSA) is 55.8 Å². The summed E-state index contributed by atoms with van der Waals surface area (Å²) in [4.78, 5) is 11.0. The van der Waals surface area contributed by atoms with E-state index in [4.69, 9.17) is 17.7 Å². The summed E-state index contributed by atoms with van der Waals surface area (Å²) in [6, 6.07) is 5.25. The van der Waals surface area contributed by atoms with Gasteiger partial charge in [-0.25, -0.2) is 4.79 Å². The van der Waals surface area contributed by atoms with Gasteiger partial charge in [0.05, 0.1) is 6.61 Å². The summed E-state index contributed by atoms with van der Waals surface area (Å²) in [6.07, 6.45) is 0. The van der Waals surface area contributed by atoms with Gasteiger partial charge < -0.3 is 14.1 Å². The number of aromatic carboxylic acids is 1. The molecule has 4 nitrogen and oxygen atoms in total. The van der Waals surface area contributed by atoms with Crippen molar-refractivity contribution in [1.82, 2.24) is 0 Å².